The standard InChI is InChI=1S/C7H12N2OS/c1-3-10-7-6(4-8-2)5-11-9-7/h5,8H,3-4H2,1-2H3. The van der Waals surface area contributed by atoms with Gasteiger partial charge < -0.3 is 10.1 Å². The quantitative estimate of drug-likeness (QED) is 0.742. The van der Waals surface area contributed by atoms with Crippen molar-refractivity contribution in [1.29, 1.82) is 0 Å². The second kappa shape index (κ2) is 4.31. The molecule has 0 aromatic carbocycles. The first kappa shape index (κ1) is 8.49. The van der Waals surface area contributed by atoms with Gasteiger partial charge in [-0.25, -0.2) is 0 Å². The first-order valence-electron chi connectivity index (χ1n) is 3.59. The lowest BCUT2D eigenvalue weighted by molar-refractivity contribution is 0.326. The SMILES string of the molecule is CCOc1nscc1CNC. The number of aromatic nitrogens is 1. The van der Waals surface area contributed by atoms with E-state index in [0.29, 0.717) is 6.61 Å². The molecule has 0 aliphatic carbocycles. The molecule has 4 heteroatoms. The zero-order valence-corrected chi connectivity index (χ0v) is 7.57. The van der Waals surface area contributed by atoms with Gasteiger partial charge >= 0.3 is 0 Å². The summed E-state index contributed by atoms with van der Waals surface area (Å²) in [5.74, 6) is 0.770. The second-order valence-corrected chi connectivity index (χ2v) is 2.74. The fourth-order valence-corrected chi connectivity index (χ4v) is 1.44. The van der Waals surface area contributed by atoms with E-state index in [1.54, 1.807) is 0 Å². The number of hydrogen-bond donors (Lipinski definition) is 1. The molecule has 0 bridgehead atoms. The van der Waals surface area contributed by atoms with Crippen LogP contribution in [0, 0.1) is 0 Å². The van der Waals surface area contributed by atoms with Crippen molar-refractivity contribution in [2.75, 3.05) is 13.7 Å². The van der Waals surface area contributed by atoms with E-state index in [-0.39, 0.29) is 0 Å². The van der Waals surface area contributed by atoms with Crippen LogP contribution in [0.1, 0.15) is 12.5 Å². The van der Waals surface area contributed by atoms with Crippen LogP contribution in [0.3, 0.4) is 0 Å². The van der Waals surface area contributed by atoms with Gasteiger partial charge in [0, 0.05) is 17.5 Å². The number of nitrogens with zero attached hydrogens (tertiary/aromatic N) is 1. The minimum absolute atomic E-state index is 0.681. The maximum Gasteiger partial charge on any atom is 0.229 e. The Hall–Kier alpha value is -0.610. The van der Waals surface area contributed by atoms with Crippen molar-refractivity contribution in [3.8, 4) is 5.88 Å². The topological polar surface area (TPSA) is 34.1 Å². The van der Waals surface area contributed by atoms with E-state index in [1.165, 1.54) is 11.5 Å². The molecule has 3 nitrogen and oxygen atoms in total. The van der Waals surface area contributed by atoms with Crippen molar-refractivity contribution in [2.24, 2.45) is 0 Å². The summed E-state index contributed by atoms with van der Waals surface area (Å²) in [6.07, 6.45) is 0. The molecular formula is C7H12N2OS. The van der Waals surface area contributed by atoms with Gasteiger partial charge in [0.15, 0.2) is 0 Å². The highest BCUT2D eigenvalue weighted by Gasteiger charge is 2.03. The van der Waals surface area contributed by atoms with Crippen LogP contribution in [-0.4, -0.2) is 18.0 Å². The predicted molar refractivity (Wildman–Crippen MR) is 46.0 cm³/mol. The van der Waals surface area contributed by atoms with E-state index in [1.807, 2.05) is 19.4 Å². The molecule has 0 spiro atoms. The van der Waals surface area contributed by atoms with Gasteiger partial charge in [-0.2, -0.15) is 4.37 Å². The molecule has 0 unspecified atom stereocenters. The fourth-order valence-electron chi connectivity index (χ4n) is 0.810. The Labute approximate surface area is 70.6 Å². The van der Waals surface area contributed by atoms with E-state index in [4.69, 9.17) is 4.74 Å². The smallest absolute Gasteiger partial charge is 0.229 e. The summed E-state index contributed by atoms with van der Waals surface area (Å²) >= 11 is 1.43. The van der Waals surface area contributed by atoms with Crippen LogP contribution in [-0.2, 0) is 6.54 Å². The molecule has 0 saturated carbocycles. The summed E-state index contributed by atoms with van der Waals surface area (Å²) in [5, 5.41) is 5.06. The van der Waals surface area contributed by atoms with Crippen molar-refractivity contribution >= 4 is 11.5 Å². The summed E-state index contributed by atoms with van der Waals surface area (Å²) in [4.78, 5) is 0. The fraction of sp³-hybridized carbons (Fsp3) is 0.571. The van der Waals surface area contributed by atoms with Gasteiger partial charge in [0.1, 0.15) is 0 Å². The largest absolute Gasteiger partial charge is 0.477 e. The Morgan fingerprint density at radius 1 is 1.73 bits per heavy atom. The molecule has 11 heavy (non-hydrogen) atoms. The molecule has 62 valence electrons. The van der Waals surface area contributed by atoms with Crippen LogP contribution in [0.5, 0.6) is 5.88 Å². The predicted octanol–water partition coefficient (Wildman–Crippen LogP) is 1.26. The van der Waals surface area contributed by atoms with Crippen molar-refractivity contribution < 1.29 is 4.74 Å². The Morgan fingerprint density at radius 2 is 2.55 bits per heavy atom. The number of rotatable bonds is 4. The zero-order valence-electron chi connectivity index (χ0n) is 6.76. The molecule has 0 atom stereocenters. The third-order valence-electron chi connectivity index (χ3n) is 1.25. The van der Waals surface area contributed by atoms with Crippen LogP contribution in [0.4, 0.5) is 0 Å². The second-order valence-electron chi connectivity index (χ2n) is 2.11. The minimum Gasteiger partial charge on any atom is -0.477 e. The molecule has 0 saturated heterocycles. The van der Waals surface area contributed by atoms with Crippen LogP contribution >= 0.6 is 11.5 Å². The van der Waals surface area contributed by atoms with Crippen LogP contribution < -0.4 is 10.1 Å². The van der Waals surface area contributed by atoms with Gasteiger partial charge in [-0.05, 0) is 25.5 Å². The Morgan fingerprint density at radius 3 is 3.18 bits per heavy atom. The molecule has 0 fully saturated rings. The summed E-state index contributed by atoms with van der Waals surface area (Å²) in [5.41, 5.74) is 1.14. The summed E-state index contributed by atoms with van der Waals surface area (Å²) in [6.45, 7) is 3.47. The first-order chi connectivity index (χ1) is 5.38. The maximum absolute atomic E-state index is 5.29. The number of nitrogens with one attached hydrogen (secondary N) is 1. The third kappa shape index (κ3) is 2.17. The van der Waals surface area contributed by atoms with E-state index >= 15 is 0 Å². The summed E-state index contributed by atoms with van der Waals surface area (Å²) in [6, 6.07) is 0. The maximum atomic E-state index is 5.29. The molecule has 1 rings (SSSR count). The Balaban J connectivity index is 2.62. The van der Waals surface area contributed by atoms with Crippen molar-refractivity contribution in [1.82, 2.24) is 9.69 Å². The van der Waals surface area contributed by atoms with E-state index < -0.39 is 0 Å². The zero-order chi connectivity index (χ0) is 8.10. The van der Waals surface area contributed by atoms with Crippen molar-refractivity contribution in [2.45, 2.75) is 13.5 Å². The van der Waals surface area contributed by atoms with Gasteiger partial charge in [-0.15, -0.1) is 0 Å². The highest BCUT2D eigenvalue weighted by molar-refractivity contribution is 7.03. The van der Waals surface area contributed by atoms with Gasteiger partial charge in [0.2, 0.25) is 5.88 Å². The first-order valence-corrected chi connectivity index (χ1v) is 4.42. The summed E-state index contributed by atoms with van der Waals surface area (Å²) < 4.78 is 9.39. The van der Waals surface area contributed by atoms with Gasteiger partial charge in [-0.1, -0.05) is 0 Å². The molecule has 1 aromatic rings. The third-order valence-corrected chi connectivity index (χ3v) is 1.91. The van der Waals surface area contributed by atoms with Crippen LogP contribution in [0.2, 0.25) is 0 Å². The monoisotopic (exact) mass is 172 g/mol. The molecule has 0 amide bonds. The van der Waals surface area contributed by atoms with E-state index in [0.717, 1.165) is 18.0 Å². The molecular weight excluding hydrogens is 160 g/mol. The Bertz CT molecular complexity index is 191. The summed E-state index contributed by atoms with van der Waals surface area (Å²) in [7, 11) is 1.91. The van der Waals surface area contributed by atoms with E-state index in [9.17, 15) is 0 Å². The van der Waals surface area contributed by atoms with Crippen LogP contribution in [0.15, 0.2) is 5.38 Å². The average Bonchev–Trinajstić information content (AvgIpc) is 2.39. The van der Waals surface area contributed by atoms with Gasteiger partial charge in [-0.3, -0.25) is 0 Å². The number of hydrogen-bond acceptors (Lipinski definition) is 4. The molecule has 1 heterocycles. The number of ether oxygens (including phenoxy) is 1. The minimum atomic E-state index is 0.681. The molecule has 1 N–H and O–H groups in total. The van der Waals surface area contributed by atoms with Gasteiger partial charge in [0.25, 0.3) is 0 Å². The lowest BCUT2D eigenvalue weighted by Crippen LogP contribution is -2.06. The lowest BCUT2D eigenvalue weighted by Gasteiger charge is -2.00. The molecule has 0 aliphatic heterocycles. The van der Waals surface area contributed by atoms with Crippen LogP contribution in [0.25, 0.3) is 0 Å². The molecule has 0 aliphatic rings. The highest BCUT2D eigenvalue weighted by Crippen LogP contribution is 2.18. The average molecular weight is 172 g/mol. The van der Waals surface area contributed by atoms with E-state index in [2.05, 4.69) is 9.69 Å². The molecule has 0 radical (unpaired) electrons. The molecule has 1 aromatic heterocycles. The van der Waals surface area contributed by atoms with Gasteiger partial charge in [0.05, 0.1) is 6.61 Å². The highest BCUT2D eigenvalue weighted by atomic mass is 32.1. The van der Waals surface area contributed by atoms with Crippen molar-refractivity contribution in [3.63, 3.8) is 0 Å². The normalized spacial score (nSPS) is 10.0. The Kier molecular flexibility index (Phi) is 3.32. The lowest BCUT2D eigenvalue weighted by atomic mass is 10.3. The van der Waals surface area contributed by atoms with Crippen molar-refractivity contribution in [3.05, 3.63) is 10.9 Å².